The summed E-state index contributed by atoms with van der Waals surface area (Å²) in [6.07, 6.45) is 0.264. The first kappa shape index (κ1) is 17.2. The minimum absolute atomic E-state index is 0.264. The number of amides is 2. The van der Waals surface area contributed by atoms with E-state index in [-0.39, 0.29) is 12.3 Å². The Labute approximate surface area is 151 Å². The number of rotatable bonds is 5. The van der Waals surface area contributed by atoms with Gasteiger partial charge in [0.15, 0.2) is 0 Å². The Morgan fingerprint density at radius 1 is 1.00 bits per heavy atom. The zero-order valence-electron chi connectivity index (χ0n) is 14.0. The zero-order chi connectivity index (χ0) is 18.5. The van der Waals surface area contributed by atoms with E-state index >= 15 is 0 Å². The maximum atomic E-state index is 12.5. The largest absolute Gasteiger partial charge is 0.368 e. The molecule has 2 amide bonds. The molecule has 5 heteroatoms. The van der Waals surface area contributed by atoms with Crippen LogP contribution >= 0.6 is 0 Å². The summed E-state index contributed by atoms with van der Waals surface area (Å²) in [6.45, 7) is 0. The highest BCUT2D eigenvalue weighted by atomic mass is 16.2. The molecule has 3 aromatic rings. The van der Waals surface area contributed by atoms with Crippen molar-refractivity contribution in [3.05, 3.63) is 83.4 Å². The molecule has 0 aliphatic rings. The van der Waals surface area contributed by atoms with Crippen LogP contribution in [0, 0.1) is 11.3 Å². The predicted octanol–water partition coefficient (Wildman–Crippen LogP) is 2.54. The number of nitrogens with two attached hydrogens (primary N) is 1. The van der Waals surface area contributed by atoms with Gasteiger partial charge in [-0.3, -0.25) is 9.59 Å². The number of carbonyl (C=O) groups excluding carboxylic acids is 2. The smallest absolute Gasteiger partial charge is 0.251 e. The Kier molecular flexibility index (Phi) is 4.95. The van der Waals surface area contributed by atoms with Crippen molar-refractivity contribution in [3.63, 3.8) is 0 Å². The van der Waals surface area contributed by atoms with E-state index in [2.05, 4.69) is 5.32 Å². The summed E-state index contributed by atoms with van der Waals surface area (Å²) >= 11 is 0. The van der Waals surface area contributed by atoms with Gasteiger partial charge < -0.3 is 11.1 Å². The lowest BCUT2D eigenvalue weighted by atomic mass is 10.0. The average Bonchev–Trinajstić information content (AvgIpc) is 2.67. The highest BCUT2D eigenvalue weighted by Gasteiger charge is 2.19. The molecule has 26 heavy (non-hydrogen) atoms. The molecule has 1 atom stereocenters. The lowest BCUT2D eigenvalue weighted by Crippen LogP contribution is -2.45. The molecule has 3 aromatic carbocycles. The second-order valence-corrected chi connectivity index (χ2v) is 6.00. The Balaban J connectivity index is 1.76. The van der Waals surface area contributed by atoms with Crippen LogP contribution in [0.3, 0.4) is 0 Å². The number of hydrogen-bond acceptors (Lipinski definition) is 3. The highest BCUT2D eigenvalue weighted by molar-refractivity contribution is 6.00. The summed E-state index contributed by atoms with van der Waals surface area (Å²) in [5.74, 6) is -0.961. The van der Waals surface area contributed by atoms with Crippen LogP contribution < -0.4 is 11.1 Å². The van der Waals surface area contributed by atoms with E-state index in [4.69, 9.17) is 11.0 Å². The number of nitriles is 1. The number of primary amides is 1. The fraction of sp³-hybridized carbons (Fsp3) is 0.0952. The van der Waals surface area contributed by atoms with Crippen LogP contribution in [-0.4, -0.2) is 17.9 Å². The second kappa shape index (κ2) is 7.49. The standard InChI is InChI=1S/C21H17N3O2/c22-13-15-7-5-14(6-8-15)11-19(20(23)25)24-21(26)18-10-9-16-3-1-2-4-17(16)12-18/h1-10,12,19H,11H2,(H2,23,25)(H,24,26)/t19-/m0/s1. The molecule has 3 N–H and O–H groups in total. The normalized spacial score (nSPS) is 11.5. The van der Waals surface area contributed by atoms with Gasteiger partial charge in [-0.05, 0) is 40.6 Å². The van der Waals surface area contributed by atoms with Gasteiger partial charge in [-0.15, -0.1) is 0 Å². The van der Waals surface area contributed by atoms with Crippen molar-refractivity contribution >= 4 is 22.6 Å². The molecule has 0 fully saturated rings. The predicted molar refractivity (Wildman–Crippen MR) is 99.3 cm³/mol. The quantitative estimate of drug-likeness (QED) is 0.745. The Bertz CT molecular complexity index is 1000. The monoisotopic (exact) mass is 343 g/mol. The third kappa shape index (κ3) is 3.87. The van der Waals surface area contributed by atoms with Gasteiger partial charge in [-0.1, -0.05) is 42.5 Å². The van der Waals surface area contributed by atoms with Crippen molar-refractivity contribution < 1.29 is 9.59 Å². The van der Waals surface area contributed by atoms with E-state index in [0.29, 0.717) is 11.1 Å². The van der Waals surface area contributed by atoms with Crippen LogP contribution in [0.4, 0.5) is 0 Å². The molecule has 0 spiro atoms. The molecular formula is C21H17N3O2. The third-order valence-corrected chi connectivity index (χ3v) is 4.18. The average molecular weight is 343 g/mol. The molecule has 3 rings (SSSR count). The second-order valence-electron chi connectivity index (χ2n) is 6.00. The fourth-order valence-electron chi connectivity index (χ4n) is 2.75. The van der Waals surface area contributed by atoms with Crippen molar-refractivity contribution in [2.24, 2.45) is 5.73 Å². The summed E-state index contributed by atoms with van der Waals surface area (Å²) in [5, 5.41) is 13.5. The zero-order valence-corrected chi connectivity index (χ0v) is 14.0. The first-order valence-corrected chi connectivity index (χ1v) is 8.15. The van der Waals surface area contributed by atoms with Gasteiger partial charge in [0.1, 0.15) is 6.04 Å². The molecule has 0 heterocycles. The summed E-state index contributed by atoms with van der Waals surface area (Å²) in [5.41, 5.74) is 7.26. The van der Waals surface area contributed by atoms with Gasteiger partial charge in [0.05, 0.1) is 11.6 Å². The van der Waals surface area contributed by atoms with E-state index < -0.39 is 11.9 Å². The van der Waals surface area contributed by atoms with Gasteiger partial charge >= 0.3 is 0 Å². The fourth-order valence-corrected chi connectivity index (χ4v) is 2.75. The van der Waals surface area contributed by atoms with Crippen LogP contribution in [0.1, 0.15) is 21.5 Å². The van der Waals surface area contributed by atoms with E-state index in [0.717, 1.165) is 16.3 Å². The van der Waals surface area contributed by atoms with Gasteiger partial charge in [0, 0.05) is 12.0 Å². The van der Waals surface area contributed by atoms with Crippen molar-refractivity contribution in [2.45, 2.75) is 12.5 Å². The third-order valence-electron chi connectivity index (χ3n) is 4.18. The maximum absolute atomic E-state index is 12.5. The van der Waals surface area contributed by atoms with Crippen LogP contribution in [0.15, 0.2) is 66.7 Å². The number of fused-ring (bicyclic) bond motifs is 1. The first-order valence-electron chi connectivity index (χ1n) is 8.15. The molecule has 0 aliphatic heterocycles. The summed E-state index contributed by atoms with van der Waals surface area (Å²) in [6, 6.07) is 21.1. The van der Waals surface area contributed by atoms with Gasteiger partial charge in [0.25, 0.3) is 5.91 Å². The lowest BCUT2D eigenvalue weighted by molar-refractivity contribution is -0.119. The van der Waals surface area contributed by atoms with Crippen molar-refractivity contribution in [2.75, 3.05) is 0 Å². The Hall–Kier alpha value is -3.65. The van der Waals surface area contributed by atoms with Crippen LogP contribution in [0.25, 0.3) is 10.8 Å². The molecule has 0 aromatic heterocycles. The van der Waals surface area contributed by atoms with Crippen LogP contribution in [0.5, 0.6) is 0 Å². The minimum Gasteiger partial charge on any atom is -0.368 e. The number of nitrogens with one attached hydrogen (secondary N) is 1. The molecule has 0 saturated carbocycles. The van der Waals surface area contributed by atoms with Gasteiger partial charge in [-0.2, -0.15) is 5.26 Å². The molecular weight excluding hydrogens is 326 g/mol. The van der Waals surface area contributed by atoms with Crippen molar-refractivity contribution in [1.82, 2.24) is 5.32 Å². The summed E-state index contributed by atoms with van der Waals surface area (Å²) in [7, 11) is 0. The number of nitrogens with zero attached hydrogens (tertiary/aromatic N) is 1. The summed E-state index contributed by atoms with van der Waals surface area (Å²) in [4.78, 5) is 24.3. The first-order chi connectivity index (χ1) is 12.6. The van der Waals surface area contributed by atoms with Crippen LogP contribution in [0.2, 0.25) is 0 Å². The van der Waals surface area contributed by atoms with E-state index in [1.807, 2.05) is 36.4 Å². The molecule has 128 valence electrons. The Morgan fingerprint density at radius 2 is 1.69 bits per heavy atom. The van der Waals surface area contributed by atoms with E-state index in [1.54, 1.807) is 36.4 Å². The molecule has 0 aliphatic carbocycles. The molecule has 0 bridgehead atoms. The molecule has 0 radical (unpaired) electrons. The topological polar surface area (TPSA) is 96.0 Å². The summed E-state index contributed by atoms with van der Waals surface area (Å²) < 4.78 is 0. The van der Waals surface area contributed by atoms with Crippen LogP contribution in [-0.2, 0) is 11.2 Å². The van der Waals surface area contributed by atoms with Gasteiger partial charge in [0.2, 0.25) is 5.91 Å². The Morgan fingerprint density at radius 3 is 2.35 bits per heavy atom. The van der Waals surface area contributed by atoms with Gasteiger partial charge in [-0.25, -0.2) is 0 Å². The van der Waals surface area contributed by atoms with E-state index in [1.165, 1.54) is 0 Å². The SMILES string of the molecule is N#Cc1ccc(C[C@H](NC(=O)c2ccc3ccccc3c2)C(N)=O)cc1. The number of benzene rings is 3. The molecule has 0 unspecified atom stereocenters. The highest BCUT2D eigenvalue weighted by Crippen LogP contribution is 2.16. The number of hydrogen-bond donors (Lipinski definition) is 2. The molecule has 5 nitrogen and oxygen atoms in total. The number of carbonyl (C=O) groups is 2. The lowest BCUT2D eigenvalue weighted by Gasteiger charge is -2.16. The maximum Gasteiger partial charge on any atom is 0.251 e. The molecule has 0 saturated heterocycles. The van der Waals surface area contributed by atoms with E-state index in [9.17, 15) is 9.59 Å². The minimum atomic E-state index is -0.832. The van der Waals surface area contributed by atoms with Crippen molar-refractivity contribution in [3.8, 4) is 6.07 Å². The van der Waals surface area contributed by atoms with Crippen molar-refractivity contribution in [1.29, 1.82) is 5.26 Å².